The number of aromatic nitrogens is 3. The van der Waals surface area contributed by atoms with E-state index in [1.807, 2.05) is 73.3 Å². The highest BCUT2D eigenvalue weighted by Crippen LogP contribution is 2.35. The van der Waals surface area contributed by atoms with Gasteiger partial charge in [0.05, 0.1) is 29.6 Å². The summed E-state index contributed by atoms with van der Waals surface area (Å²) in [5.74, 6) is 0.989. The Morgan fingerprint density at radius 2 is 1.66 bits per heavy atom. The molecule has 5 aromatic rings. The Labute approximate surface area is 275 Å². The van der Waals surface area contributed by atoms with Crippen LogP contribution in [0.3, 0.4) is 0 Å². The zero-order valence-corrected chi connectivity index (χ0v) is 27.5. The summed E-state index contributed by atoms with van der Waals surface area (Å²) in [6.07, 6.45) is 3.57. The topological polar surface area (TPSA) is 119 Å². The summed E-state index contributed by atoms with van der Waals surface area (Å²) in [7, 11) is 1.57. The Balaban J connectivity index is 1.35. The lowest BCUT2D eigenvalue weighted by molar-refractivity contribution is 0.0592. The number of H-pyrrole nitrogens is 1. The van der Waals surface area contributed by atoms with Crippen molar-refractivity contribution in [2.75, 3.05) is 38.6 Å². The lowest BCUT2D eigenvalue weighted by atomic mass is 9.99. The molecule has 1 aliphatic heterocycles. The Kier molecular flexibility index (Phi) is 9.22. The fourth-order valence-corrected chi connectivity index (χ4v) is 5.94. The molecule has 0 saturated carbocycles. The minimum atomic E-state index is -0.0506. The van der Waals surface area contributed by atoms with Crippen LogP contribution in [0.25, 0.3) is 22.0 Å². The van der Waals surface area contributed by atoms with Crippen molar-refractivity contribution in [3.8, 4) is 22.8 Å². The fraction of sp³-hybridized carbons (Fsp3) is 0.297. The van der Waals surface area contributed by atoms with Crippen LogP contribution in [0, 0.1) is 0 Å². The zero-order chi connectivity index (χ0) is 33.1. The minimum Gasteiger partial charge on any atom is -0.496 e. The van der Waals surface area contributed by atoms with Gasteiger partial charge in [-0.25, -0.2) is 15.0 Å². The van der Waals surface area contributed by atoms with E-state index in [1.165, 1.54) is 0 Å². The van der Waals surface area contributed by atoms with Crippen LogP contribution in [0.1, 0.15) is 49.2 Å². The SMILES string of the molecule is COc1cc(N=C(c2ccccc2)c2c(O)[nH]c3cc(-c4cnc(NC(C)C)nc4)ccc23)ccc1C(=O)N1CCN(C(C)C)CC1. The molecule has 3 N–H and O–H groups in total. The quantitative estimate of drug-likeness (QED) is 0.159. The Hall–Kier alpha value is -5.22. The number of aliphatic imine (C=N–C) groups is 1. The number of fused-ring (bicyclic) bond motifs is 1. The first-order valence-electron chi connectivity index (χ1n) is 16.0. The molecule has 0 aliphatic carbocycles. The molecule has 0 radical (unpaired) electrons. The second-order valence-electron chi connectivity index (χ2n) is 12.3. The van der Waals surface area contributed by atoms with Crippen molar-refractivity contribution < 1.29 is 14.6 Å². The molecule has 6 rings (SSSR count). The molecule has 0 bridgehead atoms. The molecule has 2 aromatic heterocycles. The number of benzene rings is 3. The van der Waals surface area contributed by atoms with Gasteiger partial charge >= 0.3 is 0 Å². The number of rotatable bonds is 9. The third kappa shape index (κ3) is 6.83. The van der Waals surface area contributed by atoms with E-state index in [1.54, 1.807) is 31.6 Å². The molecule has 3 aromatic carbocycles. The molecule has 0 unspecified atom stereocenters. The molecule has 3 heterocycles. The number of aromatic amines is 1. The molecule has 10 heteroatoms. The standard InChI is InChI=1S/C37H41N7O3/c1-23(2)40-37-38-21-27(22-39-37)26-11-13-29-31(19-26)42-35(45)33(29)34(25-9-7-6-8-10-25)41-28-12-14-30(32(20-28)47-5)36(46)44-17-15-43(16-18-44)24(3)4/h6-14,19-24,42,45H,15-18H2,1-5H3,(H,38,39,40). The molecule has 1 fully saturated rings. The number of ether oxygens (including phenoxy) is 1. The number of nitrogens with zero attached hydrogens (tertiary/aromatic N) is 5. The molecule has 0 atom stereocenters. The maximum Gasteiger partial charge on any atom is 0.257 e. The summed E-state index contributed by atoms with van der Waals surface area (Å²) in [5, 5.41) is 15.3. The van der Waals surface area contributed by atoms with E-state index in [4.69, 9.17) is 9.73 Å². The Bertz CT molecular complexity index is 1890. The summed E-state index contributed by atoms with van der Waals surface area (Å²) < 4.78 is 5.71. The van der Waals surface area contributed by atoms with Crippen LogP contribution < -0.4 is 10.1 Å². The second kappa shape index (κ2) is 13.6. The van der Waals surface area contributed by atoms with Gasteiger partial charge in [0.1, 0.15) is 5.75 Å². The number of piperazine rings is 1. The monoisotopic (exact) mass is 631 g/mol. The van der Waals surface area contributed by atoms with Crippen molar-refractivity contribution in [2.45, 2.75) is 39.8 Å². The van der Waals surface area contributed by atoms with Gasteiger partial charge in [0.25, 0.3) is 5.91 Å². The van der Waals surface area contributed by atoms with E-state index in [0.717, 1.165) is 40.7 Å². The van der Waals surface area contributed by atoms with Crippen molar-refractivity contribution >= 4 is 34.2 Å². The molecule has 10 nitrogen and oxygen atoms in total. The number of carbonyl (C=O) groups excluding carboxylic acids is 1. The highest BCUT2D eigenvalue weighted by atomic mass is 16.5. The summed E-state index contributed by atoms with van der Waals surface area (Å²) in [5.41, 5.74) is 5.61. The van der Waals surface area contributed by atoms with Crippen LogP contribution in [-0.4, -0.2) is 86.8 Å². The summed E-state index contributed by atoms with van der Waals surface area (Å²) in [4.78, 5) is 34.9. The van der Waals surface area contributed by atoms with Crippen LogP contribution in [-0.2, 0) is 0 Å². The molecular formula is C37H41N7O3. The number of aromatic hydroxyl groups is 1. The van der Waals surface area contributed by atoms with Gasteiger partial charge in [0.15, 0.2) is 5.88 Å². The second-order valence-corrected chi connectivity index (χ2v) is 12.3. The first-order chi connectivity index (χ1) is 22.7. The predicted octanol–water partition coefficient (Wildman–Crippen LogP) is 6.49. The van der Waals surface area contributed by atoms with Crippen molar-refractivity contribution in [1.29, 1.82) is 0 Å². The number of hydrogen-bond donors (Lipinski definition) is 3. The van der Waals surface area contributed by atoms with E-state index in [9.17, 15) is 9.90 Å². The van der Waals surface area contributed by atoms with E-state index < -0.39 is 0 Å². The fourth-order valence-electron chi connectivity index (χ4n) is 5.94. The van der Waals surface area contributed by atoms with Crippen molar-refractivity contribution in [3.05, 3.63) is 95.8 Å². The van der Waals surface area contributed by atoms with Crippen LogP contribution >= 0.6 is 0 Å². The first-order valence-corrected chi connectivity index (χ1v) is 16.0. The van der Waals surface area contributed by atoms with Gasteiger partial charge in [-0.1, -0.05) is 42.5 Å². The smallest absolute Gasteiger partial charge is 0.257 e. The van der Waals surface area contributed by atoms with Gasteiger partial charge < -0.3 is 25.0 Å². The molecule has 1 saturated heterocycles. The van der Waals surface area contributed by atoms with Crippen molar-refractivity contribution in [1.82, 2.24) is 24.8 Å². The van der Waals surface area contributed by atoms with Gasteiger partial charge in [-0.2, -0.15) is 0 Å². The zero-order valence-electron chi connectivity index (χ0n) is 27.5. The van der Waals surface area contributed by atoms with E-state index in [-0.39, 0.29) is 17.8 Å². The maximum absolute atomic E-state index is 13.5. The Morgan fingerprint density at radius 3 is 2.32 bits per heavy atom. The largest absolute Gasteiger partial charge is 0.496 e. The third-order valence-electron chi connectivity index (χ3n) is 8.45. The Morgan fingerprint density at radius 1 is 0.936 bits per heavy atom. The van der Waals surface area contributed by atoms with Gasteiger partial charge in [-0.15, -0.1) is 0 Å². The van der Waals surface area contributed by atoms with Gasteiger partial charge in [0, 0.05) is 78.8 Å². The number of nitrogens with one attached hydrogen (secondary N) is 2. The van der Waals surface area contributed by atoms with Crippen LogP contribution in [0.4, 0.5) is 11.6 Å². The molecular weight excluding hydrogens is 590 g/mol. The molecule has 1 amide bonds. The third-order valence-corrected chi connectivity index (χ3v) is 8.45. The summed E-state index contributed by atoms with van der Waals surface area (Å²) >= 11 is 0. The lowest BCUT2D eigenvalue weighted by Crippen LogP contribution is -2.50. The lowest BCUT2D eigenvalue weighted by Gasteiger charge is -2.37. The normalized spacial score (nSPS) is 14.3. The van der Waals surface area contributed by atoms with Crippen molar-refractivity contribution in [2.24, 2.45) is 4.99 Å². The van der Waals surface area contributed by atoms with E-state index in [0.29, 0.717) is 53.4 Å². The van der Waals surface area contributed by atoms with E-state index in [2.05, 4.69) is 39.0 Å². The van der Waals surface area contributed by atoms with Crippen molar-refractivity contribution in [3.63, 3.8) is 0 Å². The number of hydrogen-bond acceptors (Lipinski definition) is 8. The van der Waals surface area contributed by atoms with Gasteiger partial charge in [0.2, 0.25) is 5.95 Å². The van der Waals surface area contributed by atoms with E-state index >= 15 is 0 Å². The average molecular weight is 632 g/mol. The number of anilines is 1. The van der Waals surface area contributed by atoms with Gasteiger partial charge in [-0.05, 0) is 51.5 Å². The highest BCUT2D eigenvalue weighted by Gasteiger charge is 2.26. The van der Waals surface area contributed by atoms with Crippen LogP contribution in [0.15, 0.2) is 84.1 Å². The molecule has 0 spiro atoms. The number of methoxy groups -OCH3 is 1. The molecule has 1 aliphatic rings. The average Bonchev–Trinajstić information content (AvgIpc) is 3.41. The summed E-state index contributed by atoms with van der Waals surface area (Å²) in [6, 6.07) is 21.7. The summed E-state index contributed by atoms with van der Waals surface area (Å²) in [6.45, 7) is 11.5. The molecule has 242 valence electrons. The predicted molar refractivity (Wildman–Crippen MR) is 187 cm³/mol. The van der Waals surface area contributed by atoms with Crippen LogP contribution in [0.5, 0.6) is 11.6 Å². The maximum atomic E-state index is 13.5. The minimum absolute atomic E-state index is 0.00628. The number of amides is 1. The molecule has 47 heavy (non-hydrogen) atoms. The first kappa shape index (κ1) is 31.7. The van der Waals surface area contributed by atoms with Gasteiger partial charge in [-0.3, -0.25) is 9.69 Å². The number of carbonyl (C=O) groups is 1. The van der Waals surface area contributed by atoms with Crippen LogP contribution in [0.2, 0.25) is 0 Å². The highest BCUT2D eigenvalue weighted by molar-refractivity contribution is 6.22.